The van der Waals surface area contributed by atoms with Crippen molar-refractivity contribution < 1.29 is 38.2 Å². The zero-order valence-corrected chi connectivity index (χ0v) is 22.6. The zero-order chi connectivity index (χ0) is 30.0. The number of hydrogen-bond acceptors (Lipinski definition) is 8. The van der Waals surface area contributed by atoms with Gasteiger partial charge in [0.05, 0.1) is 13.2 Å². The van der Waals surface area contributed by atoms with E-state index < -0.39 is 35.6 Å². The van der Waals surface area contributed by atoms with Crippen LogP contribution in [0.1, 0.15) is 25.7 Å². The van der Waals surface area contributed by atoms with Crippen molar-refractivity contribution in [3.05, 3.63) is 83.2 Å². The third-order valence-electron chi connectivity index (χ3n) is 8.57. The summed E-state index contributed by atoms with van der Waals surface area (Å²) in [5.41, 5.74) is 13.5. The molecule has 0 spiro atoms. The molecule has 3 aliphatic carbocycles. The largest absolute Gasteiger partial charge is 0.460 e. The molecule has 2 bridgehead atoms. The van der Waals surface area contributed by atoms with Crippen LogP contribution in [0, 0.1) is 35.5 Å². The van der Waals surface area contributed by atoms with Crippen molar-refractivity contribution in [2.24, 2.45) is 35.5 Å². The van der Waals surface area contributed by atoms with E-state index >= 15 is 0 Å². The zero-order valence-electron chi connectivity index (χ0n) is 22.6. The van der Waals surface area contributed by atoms with Crippen molar-refractivity contribution >= 4 is 35.6 Å². The van der Waals surface area contributed by atoms with E-state index in [1.54, 1.807) is 0 Å². The number of carbonyl (C=O) groups excluding carboxylic acids is 6. The van der Waals surface area contributed by atoms with Crippen LogP contribution in [0.4, 0.5) is 0 Å². The molecule has 5 rings (SSSR count). The first-order valence-corrected chi connectivity index (χ1v) is 13.5. The van der Waals surface area contributed by atoms with E-state index in [0.29, 0.717) is 33.5 Å². The second-order valence-corrected chi connectivity index (χ2v) is 10.8. The van der Waals surface area contributed by atoms with E-state index in [1.165, 1.54) is 0 Å². The lowest BCUT2D eigenvalue weighted by Crippen LogP contribution is -2.35. The Morgan fingerprint density at radius 1 is 0.690 bits per heavy atom. The lowest BCUT2D eigenvalue weighted by atomic mass is 9.76. The highest BCUT2D eigenvalue weighted by atomic mass is 16.5. The van der Waals surface area contributed by atoms with Crippen molar-refractivity contribution in [1.29, 1.82) is 0 Å². The molecule has 10 nitrogen and oxygen atoms in total. The molecular weight excluding hydrogens is 540 g/mol. The topological polar surface area (TPSA) is 127 Å². The first-order chi connectivity index (χ1) is 20.2. The Hall–Kier alpha value is -5.14. The van der Waals surface area contributed by atoms with Crippen LogP contribution in [-0.2, 0) is 38.2 Å². The van der Waals surface area contributed by atoms with Gasteiger partial charge in [0.1, 0.15) is 0 Å². The van der Waals surface area contributed by atoms with Crippen LogP contribution in [0.5, 0.6) is 0 Å². The Kier molecular flexibility index (Phi) is 7.95. The van der Waals surface area contributed by atoms with Gasteiger partial charge in [-0.1, -0.05) is 11.5 Å². The molecule has 0 radical (unpaired) electrons. The van der Waals surface area contributed by atoms with Crippen molar-refractivity contribution in [3.63, 3.8) is 0 Å². The summed E-state index contributed by atoms with van der Waals surface area (Å²) in [6.45, 7) is 6.97. The lowest BCUT2D eigenvalue weighted by molar-refractivity contribution is -0.148. The fourth-order valence-electron chi connectivity index (χ4n) is 7.01. The molecule has 0 aromatic rings. The summed E-state index contributed by atoms with van der Waals surface area (Å²) in [4.78, 5) is 75.4. The highest BCUT2D eigenvalue weighted by Gasteiger charge is 2.56. The molecule has 0 aromatic carbocycles. The maximum Gasteiger partial charge on any atom is 0.364 e. The van der Waals surface area contributed by atoms with E-state index in [1.807, 2.05) is 0 Å². The van der Waals surface area contributed by atoms with Gasteiger partial charge >= 0.3 is 11.9 Å². The van der Waals surface area contributed by atoms with Crippen molar-refractivity contribution in [3.8, 4) is 0 Å². The first-order valence-electron chi connectivity index (χ1n) is 13.5. The number of esters is 2. The Morgan fingerprint density at radius 3 is 1.67 bits per heavy atom. The molecule has 6 atom stereocenters. The van der Waals surface area contributed by atoms with Gasteiger partial charge in [-0.15, -0.1) is 0 Å². The second kappa shape index (κ2) is 11.8. The Balaban J connectivity index is 1.18. The average molecular weight is 567 g/mol. The summed E-state index contributed by atoms with van der Waals surface area (Å²) in [6.07, 6.45) is 7.87. The third kappa shape index (κ3) is 5.30. The maximum absolute atomic E-state index is 12.9. The highest BCUT2D eigenvalue weighted by molar-refractivity contribution is 6.18. The summed E-state index contributed by atoms with van der Waals surface area (Å²) >= 11 is 0. The van der Waals surface area contributed by atoms with Gasteiger partial charge in [-0.25, -0.2) is 19.4 Å². The summed E-state index contributed by atoms with van der Waals surface area (Å²) in [7, 11) is 0. The van der Waals surface area contributed by atoms with Gasteiger partial charge in [0.2, 0.25) is 0 Å². The summed E-state index contributed by atoms with van der Waals surface area (Å²) in [5, 5.41) is 0. The standard InChI is InChI=1S/C32H26N2O8/c1-3-5-7-25(33-27(35)9-10-28(33)36)31(39)41-17-19-13-22-20-15-21(23(16-20)24(22)14-19)18-42-32(40)26(8-6-4-2)34-29(37)11-12-30(34)38/h9-12,19-24H,1-2,13-18H2. The number of rotatable bonds is 8. The van der Waals surface area contributed by atoms with Crippen molar-refractivity contribution in [2.45, 2.75) is 25.7 Å². The van der Waals surface area contributed by atoms with E-state index in [-0.39, 0.29) is 36.4 Å². The highest BCUT2D eigenvalue weighted by Crippen LogP contribution is 2.62. The smallest absolute Gasteiger partial charge is 0.364 e. The minimum Gasteiger partial charge on any atom is -0.460 e. The number of hydrogen-bond donors (Lipinski definition) is 0. The predicted octanol–water partition coefficient (Wildman–Crippen LogP) is 2.18. The van der Waals surface area contributed by atoms with Gasteiger partial charge in [0.15, 0.2) is 11.4 Å². The number of fused-ring (bicyclic) bond motifs is 5. The van der Waals surface area contributed by atoms with Crippen molar-refractivity contribution in [2.75, 3.05) is 13.2 Å². The van der Waals surface area contributed by atoms with Gasteiger partial charge in [-0.05, 0) is 97.3 Å². The molecule has 0 aromatic heterocycles. The molecule has 0 saturated heterocycles. The fourth-order valence-corrected chi connectivity index (χ4v) is 7.01. The first kappa shape index (κ1) is 28.4. The summed E-state index contributed by atoms with van der Waals surface area (Å²) in [5.74, 6) is -2.55. The van der Waals surface area contributed by atoms with Crippen LogP contribution < -0.4 is 0 Å². The molecule has 212 valence electrons. The molecule has 2 heterocycles. The van der Waals surface area contributed by atoms with Crippen molar-refractivity contribution in [1.82, 2.24) is 9.80 Å². The Morgan fingerprint density at radius 2 is 1.17 bits per heavy atom. The van der Waals surface area contributed by atoms with E-state index in [4.69, 9.17) is 9.47 Å². The minimum atomic E-state index is -0.859. The molecule has 3 saturated carbocycles. The summed E-state index contributed by atoms with van der Waals surface area (Å²) < 4.78 is 11.1. The fraction of sp³-hybridized carbons (Fsp3) is 0.375. The molecule has 4 amide bonds. The Labute approximate surface area is 241 Å². The molecule has 10 heteroatoms. The molecule has 2 aliphatic heterocycles. The quantitative estimate of drug-likeness (QED) is 0.189. The van der Waals surface area contributed by atoms with Gasteiger partial charge in [0.25, 0.3) is 23.6 Å². The van der Waals surface area contributed by atoms with Crippen LogP contribution in [0.15, 0.2) is 83.2 Å². The molecule has 6 unspecified atom stereocenters. The summed E-state index contributed by atoms with van der Waals surface area (Å²) in [6, 6.07) is 0. The number of amides is 4. The van der Waals surface area contributed by atoms with Crippen LogP contribution in [-0.4, -0.2) is 58.6 Å². The molecular formula is C32H26N2O8. The molecule has 5 aliphatic rings. The predicted molar refractivity (Wildman–Crippen MR) is 143 cm³/mol. The SMILES string of the molecule is C=C=C=C=C(C(=O)OCC1CC2C3CC(COC(=O)C(=C=C=C=C)N4C(=O)C=CC4=O)C(C3)C2C1)N1C(=O)C=CC1=O. The maximum atomic E-state index is 12.9. The van der Waals surface area contributed by atoms with Crippen LogP contribution >= 0.6 is 0 Å². The second-order valence-electron chi connectivity index (χ2n) is 10.8. The van der Waals surface area contributed by atoms with Gasteiger partial charge < -0.3 is 9.47 Å². The normalized spacial score (nSPS) is 28.0. The number of ether oxygens (including phenoxy) is 2. The molecule has 3 fully saturated rings. The van der Waals surface area contributed by atoms with Gasteiger partial charge in [-0.2, -0.15) is 0 Å². The van der Waals surface area contributed by atoms with Crippen LogP contribution in [0.2, 0.25) is 0 Å². The number of carbonyl (C=O) groups is 6. The third-order valence-corrected chi connectivity index (χ3v) is 8.57. The average Bonchev–Trinajstić information content (AvgIpc) is 3.78. The Bertz CT molecular complexity index is 1570. The van der Waals surface area contributed by atoms with Crippen LogP contribution in [0.3, 0.4) is 0 Å². The lowest BCUT2D eigenvalue weighted by Gasteiger charge is -2.31. The van der Waals surface area contributed by atoms with E-state index in [9.17, 15) is 28.8 Å². The monoisotopic (exact) mass is 566 g/mol. The number of imide groups is 2. The number of nitrogens with zero attached hydrogens (tertiary/aromatic N) is 2. The van der Waals surface area contributed by atoms with Crippen LogP contribution in [0.25, 0.3) is 0 Å². The molecule has 42 heavy (non-hydrogen) atoms. The van der Waals surface area contributed by atoms with Gasteiger partial charge in [0, 0.05) is 24.3 Å². The van der Waals surface area contributed by atoms with E-state index in [2.05, 4.69) is 47.5 Å². The minimum absolute atomic E-state index is 0.101. The molecule has 0 N–H and O–H groups in total. The van der Waals surface area contributed by atoms with E-state index in [0.717, 1.165) is 50.0 Å². The van der Waals surface area contributed by atoms with Gasteiger partial charge in [-0.3, -0.25) is 19.2 Å².